The molecule has 2 N–H and O–H groups in total. The second-order valence-electron chi connectivity index (χ2n) is 5.07. The molecule has 0 radical (unpaired) electrons. The zero-order valence-electron chi connectivity index (χ0n) is 10.5. The average molecular weight is 245 g/mol. The van der Waals surface area contributed by atoms with Gasteiger partial charge in [-0.1, -0.05) is 13.8 Å². The van der Waals surface area contributed by atoms with Gasteiger partial charge in [-0.2, -0.15) is 11.8 Å². The molecule has 0 amide bonds. The summed E-state index contributed by atoms with van der Waals surface area (Å²) in [5.74, 6) is 1.66. The highest BCUT2D eigenvalue weighted by Gasteiger charge is 2.42. The molecule has 0 heterocycles. The summed E-state index contributed by atoms with van der Waals surface area (Å²) in [6.07, 6.45) is 3.80. The van der Waals surface area contributed by atoms with Crippen molar-refractivity contribution in [3.8, 4) is 0 Å². The van der Waals surface area contributed by atoms with E-state index in [1.807, 2.05) is 11.8 Å². The monoisotopic (exact) mass is 245 g/mol. The normalized spacial score (nSPS) is 29.7. The summed E-state index contributed by atoms with van der Waals surface area (Å²) in [5.41, 5.74) is 5.33. The molecule has 0 aromatic carbocycles. The number of hydrogen-bond donors (Lipinski definition) is 1. The van der Waals surface area contributed by atoms with Crippen molar-refractivity contribution in [1.82, 2.24) is 0 Å². The first kappa shape index (κ1) is 13.8. The Morgan fingerprint density at radius 1 is 1.62 bits per heavy atom. The molecule has 0 saturated heterocycles. The third kappa shape index (κ3) is 3.67. The van der Waals surface area contributed by atoms with E-state index in [2.05, 4.69) is 13.8 Å². The minimum Gasteiger partial charge on any atom is -0.468 e. The molecule has 0 aromatic rings. The van der Waals surface area contributed by atoms with Crippen molar-refractivity contribution < 1.29 is 9.53 Å². The molecule has 1 aliphatic carbocycles. The van der Waals surface area contributed by atoms with Gasteiger partial charge in [0.05, 0.1) is 7.11 Å². The van der Waals surface area contributed by atoms with Crippen molar-refractivity contribution in [3.05, 3.63) is 0 Å². The fraction of sp³-hybridized carbons (Fsp3) is 0.917. The molecule has 2 atom stereocenters. The zero-order chi connectivity index (χ0) is 12.2. The van der Waals surface area contributed by atoms with E-state index in [9.17, 15) is 4.79 Å². The van der Waals surface area contributed by atoms with E-state index >= 15 is 0 Å². The molecule has 1 aliphatic rings. The molecular formula is C12H23NO2S. The van der Waals surface area contributed by atoms with E-state index in [0.29, 0.717) is 5.25 Å². The predicted octanol–water partition coefficient (Wildman–Crippen LogP) is 2.19. The van der Waals surface area contributed by atoms with Crippen LogP contribution in [0, 0.1) is 5.92 Å². The molecule has 1 rings (SSSR count). The van der Waals surface area contributed by atoms with Crippen LogP contribution in [0.2, 0.25) is 0 Å². The maximum Gasteiger partial charge on any atom is 0.325 e. The lowest BCUT2D eigenvalue weighted by atomic mass is 10.00. The summed E-state index contributed by atoms with van der Waals surface area (Å²) < 4.78 is 4.75. The minimum absolute atomic E-state index is 0.251. The van der Waals surface area contributed by atoms with E-state index < -0.39 is 5.54 Å². The fourth-order valence-corrected chi connectivity index (χ4v) is 3.67. The van der Waals surface area contributed by atoms with E-state index in [0.717, 1.165) is 25.2 Å². The Hall–Kier alpha value is -0.220. The van der Waals surface area contributed by atoms with Gasteiger partial charge in [0.1, 0.15) is 5.54 Å². The van der Waals surface area contributed by atoms with Gasteiger partial charge in [0.25, 0.3) is 0 Å². The second-order valence-corrected chi connectivity index (χ2v) is 6.47. The van der Waals surface area contributed by atoms with Crippen molar-refractivity contribution >= 4 is 17.7 Å². The summed E-state index contributed by atoms with van der Waals surface area (Å²) >= 11 is 1.95. The van der Waals surface area contributed by atoms with Gasteiger partial charge < -0.3 is 10.5 Å². The zero-order valence-corrected chi connectivity index (χ0v) is 11.3. The Labute approximate surface area is 102 Å². The predicted molar refractivity (Wildman–Crippen MR) is 68.5 cm³/mol. The lowest BCUT2D eigenvalue weighted by Crippen LogP contribution is -2.46. The second kappa shape index (κ2) is 5.92. The lowest BCUT2D eigenvalue weighted by Gasteiger charge is -2.20. The Morgan fingerprint density at radius 2 is 2.31 bits per heavy atom. The minimum atomic E-state index is -0.718. The van der Waals surface area contributed by atoms with Gasteiger partial charge in [0.15, 0.2) is 0 Å². The smallest absolute Gasteiger partial charge is 0.325 e. The summed E-state index contributed by atoms with van der Waals surface area (Å²) in [4.78, 5) is 11.5. The van der Waals surface area contributed by atoms with Crippen LogP contribution in [0.5, 0.6) is 0 Å². The molecule has 0 bridgehead atoms. The van der Waals surface area contributed by atoms with Gasteiger partial charge in [-0.05, 0) is 37.4 Å². The molecular weight excluding hydrogens is 222 g/mol. The number of carbonyl (C=O) groups excluding carboxylic acids is 1. The van der Waals surface area contributed by atoms with Crippen molar-refractivity contribution in [2.75, 3.05) is 12.9 Å². The van der Waals surface area contributed by atoms with E-state index in [1.54, 1.807) is 0 Å². The maximum absolute atomic E-state index is 11.5. The van der Waals surface area contributed by atoms with E-state index in [1.165, 1.54) is 19.3 Å². The van der Waals surface area contributed by atoms with Crippen LogP contribution >= 0.6 is 11.8 Å². The molecule has 16 heavy (non-hydrogen) atoms. The van der Waals surface area contributed by atoms with Gasteiger partial charge in [-0.15, -0.1) is 0 Å². The molecule has 0 aliphatic heterocycles. The Bertz CT molecular complexity index is 245. The molecule has 0 aromatic heterocycles. The first-order valence-corrected chi connectivity index (χ1v) is 7.01. The fourth-order valence-electron chi connectivity index (χ4n) is 2.03. The number of thioether (sulfide) groups is 1. The van der Waals surface area contributed by atoms with Crippen LogP contribution in [0.15, 0.2) is 0 Å². The van der Waals surface area contributed by atoms with Gasteiger partial charge in [-0.3, -0.25) is 4.79 Å². The van der Waals surface area contributed by atoms with Crippen molar-refractivity contribution in [2.45, 2.75) is 50.3 Å². The summed E-state index contributed by atoms with van der Waals surface area (Å²) in [7, 11) is 1.41. The maximum atomic E-state index is 11.5. The van der Waals surface area contributed by atoms with Gasteiger partial charge in [0, 0.05) is 5.25 Å². The van der Waals surface area contributed by atoms with Gasteiger partial charge in [-0.25, -0.2) is 0 Å². The molecule has 4 heteroatoms. The van der Waals surface area contributed by atoms with Crippen LogP contribution in [0.4, 0.5) is 0 Å². The molecule has 1 saturated carbocycles. The molecule has 2 unspecified atom stereocenters. The molecule has 1 fully saturated rings. The highest BCUT2D eigenvalue weighted by Crippen LogP contribution is 2.36. The summed E-state index contributed by atoms with van der Waals surface area (Å²) in [6.45, 7) is 4.47. The van der Waals surface area contributed by atoms with Gasteiger partial charge >= 0.3 is 5.97 Å². The van der Waals surface area contributed by atoms with Crippen LogP contribution in [0.25, 0.3) is 0 Å². The van der Waals surface area contributed by atoms with Crippen LogP contribution in [-0.2, 0) is 9.53 Å². The summed E-state index contributed by atoms with van der Waals surface area (Å²) in [6, 6.07) is 0. The number of carbonyl (C=O) groups is 1. The number of ether oxygens (including phenoxy) is 1. The standard InChI is InChI=1S/C12H23NO2S/c1-9(2)5-7-16-10-4-6-12(13,8-10)11(14)15-3/h9-10H,4-8,13H2,1-3H3. The van der Waals surface area contributed by atoms with E-state index in [4.69, 9.17) is 10.5 Å². The lowest BCUT2D eigenvalue weighted by molar-refractivity contribution is -0.146. The largest absolute Gasteiger partial charge is 0.468 e. The number of hydrogen-bond acceptors (Lipinski definition) is 4. The highest BCUT2D eigenvalue weighted by atomic mass is 32.2. The van der Waals surface area contributed by atoms with Gasteiger partial charge in [0.2, 0.25) is 0 Å². The van der Waals surface area contributed by atoms with E-state index in [-0.39, 0.29) is 5.97 Å². The topological polar surface area (TPSA) is 52.3 Å². The number of esters is 1. The highest BCUT2D eigenvalue weighted by molar-refractivity contribution is 7.99. The van der Waals surface area contributed by atoms with Crippen LogP contribution < -0.4 is 5.73 Å². The van der Waals surface area contributed by atoms with Crippen molar-refractivity contribution in [2.24, 2.45) is 11.7 Å². The molecule has 0 spiro atoms. The molecule has 3 nitrogen and oxygen atoms in total. The number of nitrogens with two attached hydrogens (primary N) is 1. The Kier molecular flexibility index (Phi) is 5.12. The molecule has 94 valence electrons. The Morgan fingerprint density at radius 3 is 2.88 bits per heavy atom. The number of rotatable bonds is 5. The third-order valence-electron chi connectivity index (χ3n) is 3.15. The van der Waals surface area contributed by atoms with Crippen LogP contribution in [-0.4, -0.2) is 29.6 Å². The van der Waals surface area contributed by atoms with Crippen molar-refractivity contribution in [3.63, 3.8) is 0 Å². The summed E-state index contributed by atoms with van der Waals surface area (Å²) in [5, 5.41) is 0.530. The first-order chi connectivity index (χ1) is 7.48. The third-order valence-corrected chi connectivity index (χ3v) is 4.49. The SMILES string of the molecule is COC(=O)C1(N)CCC(SCCC(C)C)C1. The number of methoxy groups -OCH3 is 1. The first-order valence-electron chi connectivity index (χ1n) is 5.97. The van der Waals surface area contributed by atoms with Crippen molar-refractivity contribution in [1.29, 1.82) is 0 Å². The average Bonchev–Trinajstić information content (AvgIpc) is 2.60. The quantitative estimate of drug-likeness (QED) is 0.754. The Balaban J connectivity index is 2.32. The van der Waals surface area contributed by atoms with Crippen LogP contribution in [0.1, 0.15) is 39.5 Å². The van der Waals surface area contributed by atoms with Crippen LogP contribution in [0.3, 0.4) is 0 Å².